The molecule has 6 heteroatoms. The molecule has 4 rings (SSSR count). The maximum absolute atomic E-state index is 13.3. The van der Waals surface area contributed by atoms with Gasteiger partial charge in [-0.05, 0) is 80.3 Å². The van der Waals surface area contributed by atoms with Crippen LogP contribution in [0.3, 0.4) is 0 Å². The molecule has 1 aromatic heterocycles. The fraction of sp³-hybridized carbons (Fsp3) is 0.448. The van der Waals surface area contributed by atoms with Gasteiger partial charge < -0.3 is 19.9 Å². The highest BCUT2D eigenvalue weighted by Gasteiger charge is 2.29. The van der Waals surface area contributed by atoms with Crippen molar-refractivity contribution in [1.82, 2.24) is 5.32 Å². The Balaban J connectivity index is 1.47. The molecule has 1 aliphatic carbocycles. The van der Waals surface area contributed by atoms with Crippen LogP contribution in [0, 0.1) is 18.8 Å². The molecule has 0 radical (unpaired) electrons. The number of hydrogen-bond acceptors (Lipinski definition) is 6. The van der Waals surface area contributed by atoms with Crippen LogP contribution in [0.25, 0.3) is 11.0 Å². The molecule has 2 aromatic carbocycles. The van der Waals surface area contributed by atoms with Gasteiger partial charge in [0.1, 0.15) is 5.78 Å². The summed E-state index contributed by atoms with van der Waals surface area (Å²) < 4.78 is 5.30. The molecule has 35 heavy (non-hydrogen) atoms. The van der Waals surface area contributed by atoms with Crippen molar-refractivity contribution in [2.24, 2.45) is 11.8 Å². The maximum atomic E-state index is 13.3. The quantitative estimate of drug-likeness (QED) is 0.241. The molecular weight excluding hydrogens is 442 g/mol. The van der Waals surface area contributed by atoms with Crippen LogP contribution in [-0.4, -0.2) is 23.0 Å². The van der Waals surface area contributed by atoms with E-state index < -0.39 is 11.4 Å². The van der Waals surface area contributed by atoms with Crippen molar-refractivity contribution in [3.8, 4) is 11.5 Å². The van der Waals surface area contributed by atoms with E-state index in [0.29, 0.717) is 28.3 Å². The average Bonchev–Trinajstić information content (AvgIpc) is 3.10. The number of carbonyl (C=O) groups is 1. The van der Waals surface area contributed by atoms with Crippen molar-refractivity contribution in [3.63, 3.8) is 0 Å². The number of phenols is 2. The van der Waals surface area contributed by atoms with E-state index in [9.17, 15) is 19.8 Å². The monoisotopic (exact) mass is 477 g/mol. The van der Waals surface area contributed by atoms with E-state index in [1.807, 2.05) is 14.0 Å². The van der Waals surface area contributed by atoms with E-state index in [0.717, 1.165) is 38.6 Å². The number of aryl methyl sites for hydroxylation is 1. The lowest BCUT2D eigenvalue weighted by Crippen LogP contribution is -2.25. The van der Waals surface area contributed by atoms with Crippen molar-refractivity contribution >= 4 is 16.8 Å². The predicted molar refractivity (Wildman–Crippen MR) is 137 cm³/mol. The van der Waals surface area contributed by atoms with Gasteiger partial charge in [-0.3, -0.25) is 4.79 Å². The number of fused-ring (bicyclic) bond motifs is 1. The van der Waals surface area contributed by atoms with Crippen molar-refractivity contribution in [2.75, 3.05) is 7.05 Å². The van der Waals surface area contributed by atoms with Gasteiger partial charge in [0.15, 0.2) is 11.3 Å². The fourth-order valence-corrected chi connectivity index (χ4v) is 5.56. The summed E-state index contributed by atoms with van der Waals surface area (Å²) in [4.78, 5) is 25.9. The molecule has 1 heterocycles. The summed E-state index contributed by atoms with van der Waals surface area (Å²) in [7, 11) is 1.96. The second kappa shape index (κ2) is 10.6. The van der Waals surface area contributed by atoms with Crippen molar-refractivity contribution in [2.45, 2.75) is 64.8 Å². The number of benzene rings is 2. The number of aromatic hydroxyl groups is 2. The summed E-state index contributed by atoms with van der Waals surface area (Å²) in [5.41, 5.74) is 2.92. The highest BCUT2D eigenvalue weighted by molar-refractivity contribution is 5.90. The van der Waals surface area contributed by atoms with Gasteiger partial charge in [0.05, 0.1) is 0 Å². The second-order valence-corrected chi connectivity index (χ2v) is 9.98. The van der Waals surface area contributed by atoms with Gasteiger partial charge in [0.2, 0.25) is 5.75 Å². The molecule has 6 nitrogen and oxygen atoms in total. The van der Waals surface area contributed by atoms with E-state index in [1.54, 1.807) is 13.0 Å². The van der Waals surface area contributed by atoms with Crippen molar-refractivity contribution < 1.29 is 19.4 Å². The van der Waals surface area contributed by atoms with Crippen LogP contribution in [0.1, 0.15) is 67.2 Å². The molecule has 3 unspecified atom stereocenters. The Morgan fingerprint density at radius 3 is 2.71 bits per heavy atom. The van der Waals surface area contributed by atoms with Crippen LogP contribution in [0.5, 0.6) is 11.5 Å². The van der Waals surface area contributed by atoms with Gasteiger partial charge in [-0.15, -0.1) is 0 Å². The zero-order chi connectivity index (χ0) is 25.1. The van der Waals surface area contributed by atoms with Gasteiger partial charge in [-0.25, -0.2) is 4.79 Å². The summed E-state index contributed by atoms with van der Waals surface area (Å²) in [6.07, 6.45) is 5.29. The van der Waals surface area contributed by atoms with E-state index in [2.05, 4.69) is 29.6 Å². The zero-order valence-corrected chi connectivity index (χ0v) is 20.8. The minimum Gasteiger partial charge on any atom is -0.504 e. The molecule has 0 saturated heterocycles. The van der Waals surface area contributed by atoms with Crippen LogP contribution < -0.4 is 10.9 Å². The van der Waals surface area contributed by atoms with E-state index >= 15 is 0 Å². The molecule has 0 bridgehead atoms. The molecule has 3 N–H and O–H groups in total. The molecule has 1 fully saturated rings. The Morgan fingerprint density at radius 2 is 1.94 bits per heavy atom. The number of rotatable bonds is 7. The third-order valence-electron chi connectivity index (χ3n) is 7.79. The zero-order valence-electron chi connectivity index (χ0n) is 20.8. The van der Waals surface area contributed by atoms with Crippen molar-refractivity contribution in [3.05, 3.63) is 69.1 Å². The minimum absolute atomic E-state index is 0.0128. The summed E-state index contributed by atoms with van der Waals surface area (Å²) in [5.74, 6) is -0.106. The Labute approximate surface area is 206 Å². The molecule has 1 aliphatic rings. The Hall–Kier alpha value is -3.12. The van der Waals surface area contributed by atoms with Gasteiger partial charge in [0, 0.05) is 29.8 Å². The average molecular weight is 478 g/mol. The highest BCUT2D eigenvalue weighted by atomic mass is 16.4. The molecule has 1 saturated carbocycles. The number of phenolic OH excluding ortho intramolecular Hbond substituents is 2. The first kappa shape index (κ1) is 25.0. The first-order chi connectivity index (χ1) is 16.8. The third kappa shape index (κ3) is 5.27. The molecule has 0 aliphatic heterocycles. The van der Waals surface area contributed by atoms with Crippen LogP contribution in [0.15, 0.2) is 45.6 Å². The molecule has 0 amide bonds. The lowest BCUT2D eigenvalue weighted by atomic mass is 9.82. The Bertz CT molecular complexity index is 1280. The smallest absolute Gasteiger partial charge is 0.340 e. The minimum atomic E-state index is -0.640. The lowest BCUT2D eigenvalue weighted by molar-refractivity contribution is -0.123. The normalized spacial score (nSPS) is 19.4. The summed E-state index contributed by atoms with van der Waals surface area (Å²) in [6.45, 7) is 4.60. The van der Waals surface area contributed by atoms with Gasteiger partial charge in [0.25, 0.3) is 0 Å². The van der Waals surface area contributed by atoms with Gasteiger partial charge in [-0.1, -0.05) is 37.6 Å². The standard InChI is InChI=1S/C29H35NO5/c1-17(20-7-5-8-21(11-10-20)22-9-4-6-19(14-22)16-30-3)26(32)15-24-18(2)23-12-13-25(31)27(33)28(23)35-29(24)34/h4,6,9,12-14,17,20-21,30-31,33H,5,7-8,10-11,15-16H2,1-3H3. The summed E-state index contributed by atoms with van der Waals surface area (Å²) in [6, 6.07) is 11.8. The van der Waals surface area contributed by atoms with Gasteiger partial charge >= 0.3 is 5.63 Å². The molecule has 3 aromatic rings. The van der Waals surface area contributed by atoms with Crippen LogP contribution >= 0.6 is 0 Å². The summed E-state index contributed by atoms with van der Waals surface area (Å²) in [5, 5.41) is 23.5. The SMILES string of the molecule is CNCc1cccc(C2CCCC(C(C)C(=O)Cc3c(C)c4ccc(O)c(O)c4oc3=O)CC2)c1. The number of carbonyl (C=O) groups excluding carboxylic acids is 1. The maximum Gasteiger partial charge on any atom is 0.340 e. The molecule has 186 valence electrons. The Kier molecular flexibility index (Phi) is 7.60. The van der Waals surface area contributed by atoms with Gasteiger partial charge in [-0.2, -0.15) is 0 Å². The van der Waals surface area contributed by atoms with Crippen LogP contribution in [-0.2, 0) is 17.8 Å². The predicted octanol–water partition coefficient (Wildman–Crippen LogP) is 5.34. The number of ketones is 1. The van der Waals surface area contributed by atoms with Crippen LogP contribution in [0.4, 0.5) is 0 Å². The van der Waals surface area contributed by atoms with E-state index in [-0.39, 0.29) is 29.5 Å². The molecular formula is C29H35NO5. The molecule has 3 atom stereocenters. The third-order valence-corrected chi connectivity index (χ3v) is 7.79. The number of Topliss-reactive ketones (excluding diaryl/α,β-unsaturated/α-hetero) is 1. The highest BCUT2D eigenvalue weighted by Crippen LogP contribution is 2.38. The van der Waals surface area contributed by atoms with Crippen LogP contribution in [0.2, 0.25) is 0 Å². The lowest BCUT2D eigenvalue weighted by Gasteiger charge is -2.22. The Morgan fingerprint density at radius 1 is 1.14 bits per heavy atom. The van der Waals surface area contributed by atoms with Crippen molar-refractivity contribution in [1.29, 1.82) is 0 Å². The second-order valence-electron chi connectivity index (χ2n) is 9.98. The van der Waals surface area contributed by atoms with E-state index in [1.165, 1.54) is 17.2 Å². The van der Waals surface area contributed by atoms with E-state index in [4.69, 9.17) is 4.42 Å². The first-order valence-electron chi connectivity index (χ1n) is 12.5. The topological polar surface area (TPSA) is 99.8 Å². The fourth-order valence-electron chi connectivity index (χ4n) is 5.56. The number of hydrogen-bond donors (Lipinski definition) is 3. The first-order valence-corrected chi connectivity index (χ1v) is 12.5. The summed E-state index contributed by atoms with van der Waals surface area (Å²) >= 11 is 0. The largest absolute Gasteiger partial charge is 0.504 e. The number of nitrogens with one attached hydrogen (secondary N) is 1. The molecule has 0 spiro atoms.